The largest absolute Gasteiger partial charge is 0.341 e. The summed E-state index contributed by atoms with van der Waals surface area (Å²) < 4.78 is 24.1. The molecule has 1 amide bonds. The summed E-state index contributed by atoms with van der Waals surface area (Å²) in [6.45, 7) is 2.59. The zero-order chi connectivity index (χ0) is 13.9. The summed E-state index contributed by atoms with van der Waals surface area (Å²) in [4.78, 5) is 14.1. The Bertz CT molecular complexity index is 420. The van der Waals surface area contributed by atoms with Gasteiger partial charge in [-0.25, -0.2) is 9.86 Å². The summed E-state index contributed by atoms with van der Waals surface area (Å²) in [5, 5.41) is 8.12. The van der Waals surface area contributed by atoms with Crippen LogP contribution in [0, 0.1) is 5.92 Å². The Balaban J connectivity index is 1.84. The lowest BCUT2D eigenvalue weighted by Gasteiger charge is -2.34. The van der Waals surface area contributed by atoms with Crippen molar-refractivity contribution in [2.45, 2.75) is 31.7 Å². The van der Waals surface area contributed by atoms with Crippen molar-refractivity contribution in [2.24, 2.45) is 11.1 Å². The van der Waals surface area contributed by atoms with Gasteiger partial charge >= 0.3 is 0 Å². The predicted octanol–water partition coefficient (Wildman–Crippen LogP) is -1.23. The summed E-state index contributed by atoms with van der Waals surface area (Å²) in [6.07, 6.45) is 3.77. The molecule has 0 saturated carbocycles. The van der Waals surface area contributed by atoms with Crippen molar-refractivity contribution >= 4 is 16.1 Å². The molecular weight excluding hydrogens is 268 g/mol. The number of carbonyl (C=O) groups excluding carboxylic acids is 1. The number of nitrogens with zero attached hydrogens (tertiary/aromatic N) is 1. The number of rotatable bonds is 4. The first-order chi connectivity index (χ1) is 8.96. The summed E-state index contributed by atoms with van der Waals surface area (Å²) in [5.41, 5.74) is 0. The highest BCUT2D eigenvalue weighted by Crippen LogP contribution is 2.18. The summed E-state index contributed by atoms with van der Waals surface area (Å²) in [6, 6.07) is -0.0510. The van der Waals surface area contributed by atoms with Crippen LogP contribution in [0.1, 0.15) is 25.7 Å². The van der Waals surface area contributed by atoms with Crippen LogP contribution >= 0.6 is 0 Å². The standard InChI is InChI=1S/C11H22N4O3S/c12-19(17,18)14-7-9-3-2-6-15(8-9)11(16)10-4-1-5-13-10/h9-10,13-14H,1-8H2,(H2,12,17,18)/t9?,10-/m1/s1. The second kappa shape index (κ2) is 6.17. The molecule has 2 fully saturated rings. The molecule has 2 atom stereocenters. The Morgan fingerprint density at radius 2 is 2.16 bits per heavy atom. The summed E-state index contributed by atoms with van der Waals surface area (Å²) in [5.74, 6) is 0.301. The van der Waals surface area contributed by atoms with Crippen LogP contribution in [0.2, 0.25) is 0 Å². The fourth-order valence-corrected chi connectivity index (χ4v) is 3.25. The minimum absolute atomic E-state index is 0.0510. The number of hydrogen-bond acceptors (Lipinski definition) is 4. The van der Waals surface area contributed by atoms with Gasteiger partial charge in [0.05, 0.1) is 6.04 Å². The van der Waals surface area contributed by atoms with Crippen molar-refractivity contribution in [3.05, 3.63) is 0 Å². The lowest BCUT2D eigenvalue weighted by Crippen LogP contribution is -2.49. The lowest BCUT2D eigenvalue weighted by molar-refractivity contribution is -0.134. The van der Waals surface area contributed by atoms with Gasteiger partial charge in [-0.15, -0.1) is 0 Å². The second-order valence-corrected chi connectivity index (χ2v) is 6.71. The van der Waals surface area contributed by atoms with Crippen molar-refractivity contribution in [3.63, 3.8) is 0 Å². The van der Waals surface area contributed by atoms with Crippen LogP contribution < -0.4 is 15.2 Å². The number of piperidine rings is 1. The maximum Gasteiger partial charge on any atom is 0.274 e. The van der Waals surface area contributed by atoms with Gasteiger partial charge in [0.1, 0.15) is 0 Å². The quantitative estimate of drug-likeness (QED) is 0.603. The molecule has 0 bridgehead atoms. The lowest BCUT2D eigenvalue weighted by atomic mass is 9.97. The van der Waals surface area contributed by atoms with Gasteiger partial charge in [-0.1, -0.05) is 0 Å². The molecule has 0 aliphatic carbocycles. The fraction of sp³-hybridized carbons (Fsp3) is 0.909. The van der Waals surface area contributed by atoms with E-state index in [4.69, 9.17) is 5.14 Å². The highest BCUT2D eigenvalue weighted by molar-refractivity contribution is 7.87. The third-order valence-electron chi connectivity index (χ3n) is 3.76. The van der Waals surface area contributed by atoms with Gasteiger partial charge in [-0.2, -0.15) is 8.42 Å². The van der Waals surface area contributed by atoms with E-state index in [1.165, 1.54) is 0 Å². The molecular formula is C11H22N4O3S. The predicted molar refractivity (Wildman–Crippen MR) is 71.4 cm³/mol. The SMILES string of the molecule is NS(=O)(=O)NCC1CCCN(C(=O)[C@H]2CCCN2)C1. The molecule has 2 aliphatic rings. The van der Waals surface area contributed by atoms with Crippen molar-refractivity contribution in [1.29, 1.82) is 0 Å². The van der Waals surface area contributed by atoms with Gasteiger partial charge < -0.3 is 10.2 Å². The number of likely N-dealkylation sites (tertiary alicyclic amines) is 1. The normalized spacial score (nSPS) is 28.6. The van der Waals surface area contributed by atoms with E-state index in [0.717, 1.165) is 38.8 Å². The van der Waals surface area contributed by atoms with Gasteiger partial charge in [0.2, 0.25) is 5.91 Å². The Morgan fingerprint density at radius 1 is 1.37 bits per heavy atom. The van der Waals surface area contributed by atoms with Crippen molar-refractivity contribution in [1.82, 2.24) is 14.9 Å². The Hall–Kier alpha value is -0.700. The van der Waals surface area contributed by atoms with Gasteiger partial charge in [0.15, 0.2) is 0 Å². The Labute approximate surface area is 114 Å². The van der Waals surface area contributed by atoms with E-state index in [2.05, 4.69) is 10.0 Å². The molecule has 2 heterocycles. The average Bonchev–Trinajstić information content (AvgIpc) is 2.89. The van der Waals surface area contributed by atoms with Crippen LogP contribution in [-0.4, -0.2) is 51.4 Å². The highest BCUT2D eigenvalue weighted by Gasteiger charge is 2.30. The Morgan fingerprint density at radius 3 is 2.79 bits per heavy atom. The number of amides is 1. The third-order valence-corrected chi connectivity index (χ3v) is 4.33. The van der Waals surface area contributed by atoms with Crippen LogP contribution in [-0.2, 0) is 15.0 Å². The molecule has 0 aromatic carbocycles. The van der Waals surface area contributed by atoms with Crippen molar-refractivity contribution < 1.29 is 13.2 Å². The molecule has 110 valence electrons. The maximum absolute atomic E-state index is 12.2. The molecule has 0 radical (unpaired) electrons. The van der Waals surface area contributed by atoms with E-state index in [1.807, 2.05) is 4.90 Å². The molecule has 1 unspecified atom stereocenters. The molecule has 0 aromatic heterocycles. The maximum atomic E-state index is 12.2. The van der Waals surface area contributed by atoms with Crippen molar-refractivity contribution in [3.8, 4) is 0 Å². The van der Waals surface area contributed by atoms with Gasteiger partial charge in [0, 0.05) is 19.6 Å². The van der Waals surface area contributed by atoms with Crippen LogP contribution in [0.25, 0.3) is 0 Å². The first-order valence-corrected chi connectivity index (χ1v) is 8.30. The van der Waals surface area contributed by atoms with E-state index < -0.39 is 10.2 Å². The van der Waals surface area contributed by atoms with E-state index >= 15 is 0 Å². The third kappa shape index (κ3) is 4.41. The monoisotopic (exact) mass is 290 g/mol. The van der Waals surface area contributed by atoms with Crippen LogP contribution in [0.15, 0.2) is 0 Å². The van der Waals surface area contributed by atoms with Crippen LogP contribution in [0.5, 0.6) is 0 Å². The fourth-order valence-electron chi connectivity index (χ4n) is 2.78. The smallest absolute Gasteiger partial charge is 0.274 e. The molecule has 2 rings (SSSR count). The molecule has 0 spiro atoms. The number of nitrogens with one attached hydrogen (secondary N) is 2. The topological polar surface area (TPSA) is 105 Å². The second-order valence-electron chi connectivity index (χ2n) is 5.33. The first-order valence-electron chi connectivity index (χ1n) is 6.75. The van der Waals surface area contributed by atoms with Crippen molar-refractivity contribution in [2.75, 3.05) is 26.2 Å². The van der Waals surface area contributed by atoms with Crippen LogP contribution in [0.3, 0.4) is 0 Å². The molecule has 2 aliphatic heterocycles. The van der Waals surface area contributed by atoms with E-state index in [9.17, 15) is 13.2 Å². The molecule has 7 nitrogen and oxygen atoms in total. The van der Waals surface area contributed by atoms with E-state index in [0.29, 0.717) is 13.1 Å². The minimum Gasteiger partial charge on any atom is -0.341 e. The summed E-state index contributed by atoms with van der Waals surface area (Å²) >= 11 is 0. The van der Waals surface area contributed by atoms with Crippen LogP contribution in [0.4, 0.5) is 0 Å². The van der Waals surface area contributed by atoms with Gasteiger partial charge in [-0.05, 0) is 38.1 Å². The summed E-state index contributed by atoms with van der Waals surface area (Å²) in [7, 11) is -3.64. The van der Waals surface area contributed by atoms with Gasteiger partial charge in [0.25, 0.3) is 10.2 Å². The molecule has 19 heavy (non-hydrogen) atoms. The zero-order valence-corrected chi connectivity index (χ0v) is 11.8. The van der Waals surface area contributed by atoms with Gasteiger partial charge in [-0.3, -0.25) is 4.79 Å². The number of nitrogens with two attached hydrogens (primary N) is 1. The molecule has 0 aromatic rings. The number of carbonyl (C=O) groups is 1. The Kier molecular flexibility index (Phi) is 4.77. The van der Waals surface area contributed by atoms with E-state index in [-0.39, 0.29) is 17.9 Å². The molecule has 8 heteroatoms. The van der Waals surface area contributed by atoms with E-state index in [1.54, 1.807) is 0 Å². The minimum atomic E-state index is -3.64. The first kappa shape index (κ1) is 14.7. The number of hydrogen-bond donors (Lipinski definition) is 3. The molecule has 2 saturated heterocycles. The highest BCUT2D eigenvalue weighted by atomic mass is 32.2. The zero-order valence-electron chi connectivity index (χ0n) is 11.0. The molecule has 4 N–H and O–H groups in total. The average molecular weight is 290 g/mol.